The highest BCUT2D eigenvalue weighted by Crippen LogP contribution is 2.41. The van der Waals surface area contributed by atoms with Crippen LogP contribution in [0.4, 0.5) is 0 Å². The van der Waals surface area contributed by atoms with E-state index in [1.54, 1.807) is 6.92 Å². The second-order valence-electron chi connectivity index (χ2n) is 6.62. The van der Waals surface area contributed by atoms with Crippen LogP contribution < -0.4 is 5.32 Å². The Balaban J connectivity index is 2.53. The van der Waals surface area contributed by atoms with Gasteiger partial charge in [-0.3, -0.25) is 9.59 Å². The summed E-state index contributed by atoms with van der Waals surface area (Å²) in [4.78, 5) is 22.7. The molecule has 1 aliphatic carbocycles. The molecule has 18 heavy (non-hydrogen) atoms. The Hall–Kier alpha value is -1.06. The van der Waals surface area contributed by atoms with Crippen LogP contribution in [0.25, 0.3) is 0 Å². The third-order valence-electron chi connectivity index (χ3n) is 3.63. The van der Waals surface area contributed by atoms with E-state index in [-0.39, 0.29) is 29.7 Å². The Morgan fingerprint density at radius 2 is 2.00 bits per heavy atom. The number of nitrogens with one attached hydrogen (secondary N) is 1. The zero-order valence-corrected chi connectivity index (χ0v) is 11.8. The van der Waals surface area contributed by atoms with Gasteiger partial charge in [-0.15, -0.1) is 0 Å². The van der Waals surface area contributed by atoms with E-state index in [4.69, 9.17) is 5.11 Å². The third-order valence-corrected chi connectivity index (χ3v) is 3.63. The highest BCUT2D eigenvalue weighted by molar-refractivity contribution is 5.79. The number of aliphatic carboxylic acids is 1. The number of carboxylic acid groups (broad SMARTS) is 1. The lowest BCUT2D eigenvalue weighted by molar-refractivity contribution is -0.137. The third kappa shape index (κ3) is 4.67. The molecule has 1 saturated carbocycles. The smallest absolute Gasteiger partial charge is 0.305 e. The predicted octanol–water partition coefficient (Wildman–Crippen LogP) is 2.43. The van der Waals surface area contributed by atoms with Gasteiger partial charge in [-0.25, -0.2) is 0 Å². The van der Waals surface area contributed by atoms with Gasteiger partial charge in [0.15, 0.2) is 0 Å². The van der Waals surface area contributed by atoms with Gasteiger partial charge in [-0.05, 0) is 37.5 Å². The van der Waals surface area contributed by atoms with Crippen LogP contribution in [0.3, 0.4) is 0 Å². The van der Waals surface area contributed by atoms with E-state index in [1.165, 1.54) is 0 Å². The van der Waals surface area contributed by atoms with Gasteiger partial charge in [0.25, 0.3) is 0 Å². The molecule has 0 heterocycles. The van der Waals surface area contributed by atoms with E-state index in [1.807, 2.05) is 0 Å². The lowest BCUT2D eigenvalue weighted by Crippen LogP contribution is -2.42. The molecule has 0 bridgehead atoms. The summed E-state index contributed by atoms with van der Waals surface area (Å²) < 4.78 is 0. The second-order valence-corrected chi connectivity index (χ2v) is 6.62. The lowest BCUT2D eigenvalue weighted by Gasteiger charge is -2.38. The quantitative estimate of drug-likeness (QED) is 0.810. The van der Waals surface area contributed by atoms with Gasteiger partial charge in [0.1, 0.15) is 0 Å². The van der Waals surface area contributed by atoms with Crippen molar-refractivity contribution >= 4 is 11.9 Å². The fraction of sp³-hybridized carbons (Fsp3) is 0.857. The minimum atomic E-state index is -0.875. The first-order valence-corrected chi connectivity index (χ1v) is 6.72. The fourth-order valence-corrected chi connectivity index (χ4v) is 3.22. The van der Waals surface area contributed by atoms with Crippen LogP contribution in [0.1, 0.15) is 53.4 Å². The van der Waals surface area contributed by atoms with Gasteiger partial charge < -0.3 is 10.4 Å². The monoisotopic (exact) mass is 255 g/mol. The molecule has 104 valence electrons. The van der Waals surface area contributed by atoms with Crippen molar-refractivity contribution in [3.05, 3.63) is 0 Å². The number of amides is 1. The Labute approximate surface area is 109 Å². The zero-order chi connectivity index (χ0) is 13.9. The van der Waals surface area contributed by atoms with Gasteiger partial charge in [0.05, 0.1) is 6.42 Å². The minimum absolute atomic E-state index is 0.0165. The summed E-state index contributed by atoms with van der Waals surface area (Å²) in [5, 5.41) is 11.5. The molecule has 4 nitrogen and oxygen atoms in total. The minimum Gasteiger partial charge on any atom is -0.481 e. The molecular formula is C14H25NO3. The molecule has 1 aliphatic rings. The largest absolute Gasteiger partial charge is 0.481 e. The highest BCUT2D eigenvalue weighted by Gasteiger charge is 2.35. The average molecular weight is 255 g/mol. The van der Waals surface area contributed by atoms with Crippen LogP contribution in [0.2, 0.25) is 0 Å². The Morgan fingerprint density at radius 1 is 1.39 bits per heavy atom. The maximum absolute atomic E-state index is 12.1. The van der Waals surface area contributed by atoms with E-state index >= 15 is 0 Å². The van der Waals surface area contributed by atoms with Crippen molar-refractivity contribution in [3.8, 4) is 0 Å². The molecule has 1 rings (SSSR count). The average Bonchev–Trinajstić information content (AvgIpc) is 2.12. The van der Waals surface area contributed by atoms with Gasteiger partial charge >= 0.3 is 5.97 Å². The van der Waals surface area contributed by atoms with E-state index in [0.29, 0.717) is 5.92 Å². The fourth-order valence-electron chi connectivity index (χ4n) is 3.22. The maximum atomic E-state index is 12.1. The molecular weight excluding hydrogens is 230 g/mol. The van der Waals surface area contributed by atoms with Crippen molar-refractivity contribution < 1.29 is 14.7 Å². The maximum Gasteiger partial charge on any atom is 0.305 e. The van der Waals surface area contributed by atoms with E-state index in [2.05, 4.69) is 26.1 Å². The highest BCUT2D eigenvalue weighted by atomic mass is 16.4. The molecule has 0 radical (unpaired) electrons. The summed E-state index contributed by atoms with van der Waals surface area (Å²) >= 11 is 0. The molecule has 0 aliphatic heterocycles. The van der Waals surface area contributed by atoms with Gasteiger partial charge in [-0.2, -0.15) is 0 Å². The van der Waals surface area contributed by atoms with Crippen LogP contribution in [-0.4, -0.2) is 23.0 Å². The zero-order valence-electron chi connectivity index (χ0n) is 11.8. The van der Waals surface area contributed by atoms with Crippen molar-refractivity contribution in [2.24, 2.45) is 17.3 Å². The molecule has 0 aromatic carbocycles. The number of carbonyl (C=O) groups excluding carboxylic acids is 1. The predicted molar refractivity (Wildman–Crippen MR) is 70.1 cm³/mol. The van der Waals surface area contributed by atoms with Crippen LogP contribution in [0.15, 0.2) is 0 Å². The standard InChI is InChI=1S/C14H25NO3/c1-9-5-11(8-14(3,4)7-9)13(18)15-10(2)6-12(16)17/h9-11H,5-8H2,1-4H3,(H,15,18)(H,16,17). The van der Waals surface area contributed by atoms with Gasteiger partial charge in [0, 0.05) is 12.0 Å². The lowest BCUT2D eigenvalue weighted by atomic mass is 9.68. The normalized spacial score (nSPS) is 28.4. The number of hydrogen-bond acceptors (Lipinski definition) is 2. The summed E-state index contributed by atoms with van der Waals surface area (Å²) in [7, 11) is 0. The topological polar surface area (TPSA) is 66.4 Å². The first-order chi connectivity index (χ1) is 8.19. The second kappa shape index (κ2) is 5.72. The van der Waals surface area contributed by atoms with Crippen molar-refractivity contribution in [2.75, 3.05) is 0 Å². The molecule has 0 aromatic rings. The molecule has 1 fully saturated rings. The Bertz CT molecular complexity index is 325. The van der Waals surface area contributed by atoms with Crippen molar-refractivity contribution in [3.63, 3.8) is 0 Å². The van der Waals surface area contributed by atoms with Crippen molar-refractivity contribution in [2.45, 2.75) is 59.4 Å². The number of rotatable bonds is 4. The first-order valence-electron chi connectivity index (χ1n) is 6.72. The first kappa shape index (κ1) is 15.0. The van der Waals surface area contributed by atoms with Crippen LogP contribution in [0.5, 0.6) is 0 Å². The van der Waals surface area contributed by atoms with E-state index in [9.17, 15) is 9.59 Å². The molecule has 4 heteroatoms. The molecule has 3 unspecified atom stereocenters. The number of carboxylic acids is 1. The summed E-state index contributed by atoms with van der Waals surface area (Å²) in [6.07, 6.45) is 2.94. The van der Waals surface area contributed by atoms with Gasteiger partial charge in [-0.1, -0.05) is 20.8 Å². The van der Waals surface area contributed by atoms with Crippen molar-refractivity contribution in [1.29, 1.82) is 0 Å². The summed E-state index contributed by atoms with van der Waals surface area (Å²) in [5.74, 6) is -0.275. The molecule has 1 amide bonds. The van der Waals surface area contributed by atoms with Crippen molar-refractivity contribution in [1.82, 2.24) is 5.32 Å². The van der Waals surface area contributed by atoms with Crippen LogP contribution in [0, 0.1) is 17.3 Å². The molecule has 0 aromatic heterocycles. The SMILES string of the molecule is CC1CC(C(=O)NC(C)CC(=O)O)CC(C)(C)C1. The molecule has 0 spiro atoms. The summed E-state index contributed by atoms with van der Waals surface area (Å²) in [6, 6.07) is -0.296. The van der Waals surface area contributed by atoms with E-state index in [0.717, 1.165) is 19.3 Å². The Morgan fingerprint density at radius 3 is 2.50 bits per heavy atom. The molecule has 2 N–H and O–H groups in total. The molecule has 0 saturated heterocycles. The van der Waals surface area contributed by atoms with E-state index < -0.39 is 5.97 Å². The Kier molecular flexibility index (Phi) is 4.77. The number of carbonyl (C=O) groups is 2. The van der Waals surface area contributed by atoms with Crippen LogP contribution >= 0.6 is 0 Å². The summed E-state index contributed by atoms with van der Waals surface area (Å²) in [6.45, 7) is 8.32. The number of hydrogen-bond donors (Lipinski definition) is 2. The molecule has 3 atom stereocenters. The summed E-state index contributed by atoms with van der Waals surface area (Å²) in [5.41, 5.74) is 0.204. The van der Waals surface area contributed by atoms with Gasteiger partial charge in [0.2, 0.25) is 5.91 Å². The van der Waals surface area contributed by atoms with Crippen LogP contribution in [-0.2, 0) is 9.59 Å².